The van der Waals surface area contributed by atoms with Gasteiger partial charge in [-0.2, -0.15) is 5.26 Å². The van der Waals surface area contributed by atoms with Crippen molar-refractivity contribution < 1.29 is 4.79 Å². The molecular formula is C21H19N5O. The number of hydrogen-bond donors (Lipinski definition) is 2. The first kappa shape index (κ1) is 18.1. The van der Waals surface area contributed by atoms with Crippen LogP contribution in [0.3, 0.4) is 0 Å². The topological polar surface area (TPSA) is 90.7 Å². The molecule has 0 saturated carbocycles. The van der Waals surface area contributed by atoms with E-state index in [0.717, 1.165) is 28.1 Å². The highest BCUT2D eigenvalue weighted by molar-refractivity contribution is 6.03. The van der Waals surface area contributed by atoms with Gasteiger partial charge in [-0.15, -0.1) is 10.2 Å². The third kappa shape index (κ3) is 4.28. The van der Waals surface area contributed by atoms with Gasteiger partial charge in [0.15, 0.2) is 11.5 Å². The second kappa shape index (κ2) is 7.67. The highest BCUT2D eigenvalue weighted by Gasteiger charge is 2.12. The van der Waals surface area contributed by atoms with Crippen LogP contribution in [0.15, 0.2) is 48.5 Å². The van der Waals surface area contributed by atoms with Gasteiger partial charge in [0.05, 0.1) is 11.6 Å². The molecule has 1 aromatic heterocycles. The summed E-state index contributed by atoms with van der Waals surface area (Å²) in [6.07, 6.45) is 0. The molecule has 3 aromatic rings. The molecule has 6 nitrogen and oxygen atoms in total. The first-order valence-electron chi connectivity index (χ1n) is 8.46. The monoisotopic (exact) mass is 357 g/mol. The van der Waals surface area contributed by atoms with Crippen molar-refractivity contribution in [3.8, 4) is 6.07 Å². The lowest BCUT2D eigenvalue weighted by molar-refractivity contribution is 0.102. The van der Waals surface area contributed by atoms with Crippen LogP contribution in [-0.2, 0) is 0 Å². The summed E-state index contributed by atoms with van der Waals surface area (Å²) < 4.78 is 0. The molecule has 3 rings (SSSR count). The summed E-state index contributed by atoms with van der Waals surface area (Å²) in [4.78, 5) is 12.5. The molecule has 0 aliphatic carbocycles. The van der Waals surface area contributed by atoms with Gasteiger partial charge in [0.1, 0.15) is 0 Å². The second-order valence-corrected chi connectivity index (χ2v) is 6.35. The molecule has 0 unspecified atom stereocenters. The number of rotatable bonds is 4. The van der Waals surface area contributed by atoms with E-state index in [-0.39, 0.29) is 11.6 Å². The lowest BCUT2D eigenvalue weighted by Gasteiger charge is -2.12. The van der Waals surface area contributed by atoms with Crippen LogP contribution in [0.4, 0.5) is 17.2 Å². The Morgan fingerprint density at radius 2 is 1.74 bits per heavy atom. The minimum atomic E-state index is -0.310. The summed E-state index contributed by atoms with van der Waals surface area (Å²) in [7, 11) is 0. The molecule has 0 aliphatic heterocycles. The van der Waals surface area contributed by atoms with Gasteiger partial charge in [-0.05, 0) is 62.2 Å². The Hall–Kier alpha value is -3.72. The molecule has 0 fully saturated rings. The maximum Gasteiger partial charge on any atom is 0.276 e. The third-order valence-corrected chi connectivity index (χ3v) is 4.08. The van der Waals surface area contributed by atoms with E-state index in [9.17, 15) is 4.79 Å². The Labute approximate surface area is 157 Å². The summed E-state index contributed by atoms with van der Waals surface area (Å²) in [5.41, 5.74) is 5.46. The number of carbonyl (C=O) groups excluding carboxylic acids is 1. The molecule has 0 radical (unpaired) electrons. The van der Waals surface area contributed by atoms with Crippen LogP contribution in [0, 0.1) is 32.1 Å². The molecule has 0 aliphatic rings. The van der Waals surface area contributed by atoms with E-state index in [4.69, 9.17) is 5.26 Å². The average Bonchev–Trinajstić information content (AvgIpc) is 2.65. The van der Waals surface area contributed by atoms with Gasteiger partial charge in [0.2, 0.25) is 0 Å². The molecule has 2 N–H and O–H groups in total. The molecule has 27 heavy (non-hydrogen) atoms. The van der Waals surface area contributed by atoms with Gasteiger partial charge in [-0.25, -0.2) is 0 Å². The zero-order valence-corrected chi connectivity index (χ0v) is 15.4. The number of nitrogens with zero attached hydrogens (tertiary/aromatic N) is 3. The minimum Gasteiger partial charge on any atom is -0.339 e. The number of hydrogen-bond acceptors (Lipinski definition) is 5. The molecule has 2 aromatic carbocycles. The summed E-state index contributed by atoms with van der Waals surface area (Å²) in [5, 5.41) is 23.0. The van der Waals surface area contributed by atoms with Gasteiger partial charge < -0.3 is 10.6 Å². The predicted octanol–water partition coefficient (Wildman–Crippen LogP) is 4.27. The number of amides is 1. The quantitative estimate of drug-likeness (QED) is 0.728. The molecule has 1 heterocycles. The van der Waals surface area contributed by atoms with E-state index < -0.39 is 0 Å². The predicted molar refractivity (Wildman–Crippen MR) is 105 cm³/mol. The molecule has 6 heteroatoms. The Morgan fingerprint density at radius 3 is 2.37 bits per heavy atom. The number of aryl methyl sites for hydroxylation is 3. The zero-order valence-electron chi connectivity index (χ0n) is 15.4. The van der Waals surface area contributed by atoms with Crippen LogP contribution in [0.25, 0.3) is 0 Å². The zero-order chi connectivity index (χ0) is 19.4. The van der Waals surface area contributed by atoms with Gasteiger partial charge in [-0.3, -0.25) is 4.79 Å². The van der Waals surface area contributed by atoms with Gasteiger partial charge in [0.25, 0.3) is 5.91 Å². The number of aromatic nitrogens is 2. The van der Waals surface area contributed by atoms with Crippen LogP contribution in [-0.4, -0.2) is 16.1 Å². The average molecular weight is 357 g/mol. The van der Waals surface area contributed by atoms with Gasteiger partial charge in [-0.1, -0.05) is 23.8 Å². The van der Waals surface area contributed by atoms with E-state index >= 15 is 0 Å². The fourth-order valence-corrected chi connectivity index (χ4v) is 2.89. The van der Waals surface area contributed by atoms with Crippen molar-refractivity contribution in [3.05, 3.63) is 76.5 Å². The molecule has 1 amide bonds. The van der Waals surface area contributed by atoms with Crippen LogP contribution in [0.1, 0.15) is 32.7 Å². The van der Waals surface area contributed by atoms with E-state index in [0.29, 0.717) is 11.4 Å². The molecule has 0 spiro atoms. The maximum absolute atomic E-state index is 12.5. The lowest BCUT2D eigenvalue weighted by Crippen LogP contribution is -2.16. The molecular weight excluding hydrogens is 338 g/mol. The Bertz CT molecular complexity index is 1010. The van der Waals surface area contributed by atoms with Crippen LogP contribution in [0.2, 0.25) is 0 Å². The first-order valence-corrected chi connectivity index (χ1v) is 8.46. The molecule has 0 saturated heterocycles. The molecule has 134 valence electrons. The smallest absolute Gasteiger partial charge is 0.276 e. The minimum absolute atomic E-state index is 0.228. The standard InChI is InChI=1S/C21H19N5O/c1-13-9-14(2)20(15(3)10-13)24-21(27)18-7-8-19(26-25-18)23-17-6-4-5-16(11-17)12-22/h4-11H,1-3H3,(H,23,26)(H,24,27). The summed E-state index contributed by atoms with van der Waals surface area (Å²) >= 11 is 0. The second-order valence-electron chi connectivity index (χ2n) is 6.35. The Balaban J connectivity index is 1.73. The number of nitrogens with one attached hydrogen (secondary N) is 2. The van der Waals surface area contributed by atoms with E-state index in [1.807, 2.05) is 39.0 Å². The molecule has 0 bridgehead atoms. The third-order valence-electron chi connectivity index (χ3n) is 4.08. The Kier molecular flexibility index (Phi) is 5.13. The van der Waals surface area contributed by atoms with E-state index in [2.05, 4.69) is 26.9 Å². The highest BCUT2D eigenvalue weighted by Crippen LogP contribution is 2.22. The van der Waals surface area contributed by atoms with E-state index in [1.165, 1.54) is 0 Å². The van der Waals surface area contributed by atoms with Crippen LogP contribution >= 0.6 is 0 Å². The van der Waals surface area contributed by atoms with Crippen molar-refractivity contribution in [1.82, 2.24) is 10.2 Å². The fourth-order valence-electron chi connectivity index (χ4n) is 2.89. The van der Waals surface area contributed by atoms with Crippen molar-refractivity contribution in [2.45, 2.75) is 20.8 Å². The highest BCUT2D eigenvalue weighted by atomic mass is 16.1. The molecule has 0 atom stereocenters. The van der Waals surface area contributed by atoms with E-state index in [1.54, 1.807) is 30.3 Å². The van der Waals surface area contributed by atoms with Crippen molar-refractivity contribution >= 4 is 23.1 Å². The fraction of sp³-hybridized carbons (Fsp3) is 0.143. The number of nitriles is 1. The summed E-state index contributed by atoms with van der Waals surface area (Å²) in [6.45, 7) is 5.95. The van der Waals surface area contributed by atoms with Crippen LogP contribution in [0.5, 0.6) is 0 Å². The van der Waals surface area contributed by atoms with Crippen molar-refractivity contribution in [2.75, 3.05) is 10.6 Å². The van der Waals surface area contributed by atoms with Gasteiger partial charge in [0, 0.05) is 11.4 Å². The lowest BCUT2D eigenvalue weighted by atomic mass is 10.1. The number of carbonyl (C=O) groups is 1. The Morgan fingerprint density at radius 1 is 1.00 bits per heavy atom. The van der Waals surface area contributed by atoms with Crippen LogP contribution < -0.4 is 10.6 Å². The van der Waals surface area contributed by atoms with Gasteiger partial charge >= 0.3 is 0 Å². The number of anilines is 3. The summed E-state index contributed by atoms with van der Waals surface area (Å²) in [6, 6.07) is 16.5. The number of benzene rings is 2. The SMILES string of the molecule is Cc1cc(C)c(NC(=O)c2ccc(Nc3cccc(C#N)c3)nn2)c(C)c1. The van der Waals surface area contributed by atoms with Crippen molar-refractivity contribution in [3.63, 3.8) is 0 Å². The normalized spacial score (nSPS) is 10.1. The van der Waals surface area contributed by atoms with Crippen molar-refractivity contribution in [1.29, 1.82) is 5.26 Å². The van der Waals surface area contributed by atoms with Crippen molar-refractivity contribution in [2.24, 2.45) is 0 Å². The maximum atomic E-state index is 12.5. The summed E-state index contributed by atoms with van der Waals surface area (Å²) in [5.74, 6) is 0.180. The first-order chi connectivity index (χ1) is 13.0. The largest absolute Gasteiger partial charge is 0.339 e.